The molecular weight excluding hydrogens is 448 g/mol. The Morgan fingerprint density at radius 3 is 1.31 bits per heavy atom. The first-order valence-corrected chi connectivity index (χ1v) is 14.4. The summed E-state index contributed by atoms with van der Waals surface area (Å²) in [6.07, 6.45) is 19.2. The highest BCUT2D eigenvalue weighted by Crippen LogP contribution is 2.20. The highest BCUT2D eigenvalue weighted by Gasteiger charge is 2.09. The van der Waals surface area contributed by atoms with Crippen LogP contribution in [0.5, 0.6) is 17.2 Å². The van der Waals surface area contributed by atoms with E-state index in [4.69, 9.17) is 14.2 Å². The van der Waals surface area contributed by atoms with Gasteiger partial charge in [0.25, 0.3) is 0 Å². The van der Waals surface area contributed by atoms with Gasteiger partial charge in [0, 0.05) is 0 Å². The van der Waals surface area contributed by atoms with Crippen molar-refractivity contribution in [3.05, 3.63) is 54.1 Å². The third-order valence-electron chi connectivity index (χ3n) is 6.41. The standard InChI is InChI=1S/C32H48O4/c1-3-5-7-9-10-11-12-13-15-17-27-34-29-20-18-28(19-21-29)32(33)36-31-24-22-30(23-25-31)35-26-16-14-8-6-4-2/h18-25H,3-17,26-27H2,1-2H3. The molecule has 0 aliphatic carbocycles. The van der Waals surface area contributed by atoms with Crippen LogP contribution in [0, 0.1) is 0 Å². The van der Waals surface area contributed by atoms with E-state index in [9.17, 15) is 4.79 Å². The predicted molar refractivity (Wildman–Crippen MR) is 149 cm³/mol. The Balaban J connectivity index is 1.58. The van der Waals surface area contributed by atoms with E-state index in [1.807, 2.05) is 24.3 Å². The highest BCUT2D eigenvalue weighted by atomic mass is 16.5. The third-order valence-corrected chi connectivity index (χ3v) is 6.41. The number of rotatable bonds is 21. The molecule has 36 heavy (non-hydrogen) atoms. The number of carbonyl (C=O) groups excluding carboxylic acids is 1. The minimum atomic E-state index is -0.374. The number of ether oxygens (including phenoxy) is 3. The van der Waals surface area contributed by atoms with Crippen molar-refractivity contribution in [1.29, 1.82) is 0 Å². The van der Waals surface area contributed by atoms with Crippen LogP contribution in [0.25, 0.3) is 0 Å². The maximum absolute atomic E-state index is 12.5. The van der Waals surface area contributed by atoms with Gasteiger partial charge in [0.05, 0.1) is 18.8 Å². The SMILES string of the molecule is CCCCCCCCCCCCOc1ccc(C(=O)Oc2ccc(OCCCCCCC)cc2)cc1. The van der Waals surface area contributed by atoms with Gasteiger partial charge in [0.1, 0.15) is 17.2 Å². The molecule has 2 aromatic carbocycles. The molecule has 4 nitrogen and oxygen atoms in total. The minimum absolute atomic E-state index is 0.374. The highest BCUT2D eigenvalue weighted by molar-refractivity contribution is 5.91. The molecular formula is C32H48O4. The van der Waals surface area contributed by atoms with Gasteiger partial charge in [-0.25, -0.2) is 4.79 Å². The average Bonchev–Trinajstić information content (AvgIpc) is 2.90. The van der Waals surface area contributed by atoms with Crippen molar-refractivity contribution in [2.24, 2.45) is 0 Å². The molecule has 0 aromatic heterocycles. The quantitative estimate of drug-likeness (QED) is 0.0980. The van der Waals surface area contributed by atoms with E-state index < -0.39 is 0 Å². The van der Waals surface area contributed by atoms with Crippen molar-refractivity contribution in [2.75, 3.05) is 13.2 Å². The van der Waals surface area contributed by atoms with Crippen molar-refractivity contribution < 1.29 is 19.0 Å². The molecule has 4 heteroatoms. The molecule has 0 saturated heterocycles. The zero-order chi connectivity index (χ0) is 25.7. The van der Waals surface area contributed by atoms with Crippen molar-refractivity contribution in [3.8, 4) is 17.2 Å². The number of carbonyl (C=O) groups is 1. The fourth-order valence-corrected chi connectivity index (χ4v) is 4.13. The maximum atomic E-state index is 12.5. The Bertz CT molecular complexity index is 798. The number of hydrogen-bond acceptors (Lipinski definition) is 4. The molecule has 200 valence electrons. The van der Waals surface area contributed by atoms with Gasteiger partial charge < -0.3 is 14.2 Å². The lowest BCUT2D eigenvalue weighted by Crippen LogP contribution is -2.08. The Hall–Kier alpha value is -2.49. The fraction of sp³-hybridized carbons (Fsp3) is 0.594. The molecule has 0 spiro atoms. The maximum Gasteiger partial charge on any atom is 0.343 e. The lowest BCUT2D eigenvalue weighted by Gasteiger charge is -2.09. The summed E-state index contributed by atoms with van der Waals surface area (Å²) in [7, 11) is 0. The van der Waals surface area contributed by atoms with Crippen LogP contribution in [0.1, 0.15) is 121 Å². The summed E-state index contributed by atoms with van der Waals surface area (Å²) < 4.78 is 17.1. The third kappa shape index (κ3) is 13.6. The van der Waals surface area contributed by atoms with E-state index in [0.717, 1.165) is 30.9 Å². The molecule has 2 aromatic rings. The van der Waals surface area contributed by atoms with E-state index >= 15 is 0 Å². The van der Waals surface area contributed by atoms with Crippen LogP contribution >= 0.6 is 0 Å². The van der Waals surface area contributed by atoms with Gasteiger partial charge in [0.15, 0.2) is 0 Å². The fourth-order valence-electron chi connectivity index (χ4n) is 4.13. The Labute approximate surface area is 219 Å². The molecule has 0 amide bonds. The number of unbranched alkanes of at least 4 members (excludes halogenated alkanes) is 13. The molecule has 0 aliphatic rings. The first kappa shape index (κ1) is 29.7. The van der Waals surface area contributed by atoms with E-state index in [0.29, 0.717) is 17.9 Å². The van der Waals surface area contributed by atoms with Gasteiger partial charge in [-0.05, 0) is 61.4 Å². The molecule has 0 atom stereocenters. The average molecular weight is 497 g/mol. The lowest BCUT2D eigenvalue weighted by atomic mass is 10.1. The summed E-state index contributed by atoms with van der Waals surface area (Å²) in [6, 6.07) is 14.4. The van der Waals surface area contributed by atoms with E-state index in [1.54, 1.807) is 24.3 Å². The first-order chi connectivity index (χ1) is 17.7. The molecule has 0 radical (unpaired) electrons. The second kappa shape index (κ2) is 19.7. The van der Waals surface area contributed by atoms with E-state index in [2.05, 4.69) is 13.8 Å². The lowest BCUT2D eigenvalue weighted by molar-refractivity contribution is 0.0734. The molecule has 2 rings (SSSR count). The zero-order valence-corrected chi connectivity index (χ0v) is 22.8. The summed E-state index contributed by atoms with van der Waals surface area (Å²) in [5.74, 6) is 1.73. The normalized spacial score (nSPS) is 10.8. The zero-order valence-electron chi connectivity index (χ0n) is 22.8. The van der Waals surface area contributed by atoms with Crippen LogP contribution in [0.15, 0.2) is 48.5 Å². The molecule has 0 bridgehead atoms. The summed E-state index contributed by atoms with van der Waals surface area (Å²) >= 11 is 0. The van der Waals surface area contributed by atoms with Crippen LogP contribution in [0.3, 0.4) is 0 Å². The summed E-state index contributed by atoms with van der Waals surface area (Å²) in [6.45, 7) is 5.91. The Morgan fingerprint density at radius 2 is 0.861 bits per heavy atom. The van der Waals surface area contributed by atoms with Gasteiger partial charge >= 0.3 is 5.97 Å². The van der Waals surface area contributed by atoms with Gasteiger partial charge in [-0.15, -0.1) is 0 Å². The first-order valence-electron chi connectivity index (χ1n) is 14.4. The number of esters is 1. The topological polar surface area (TPSA) is 44.8 Å². The predicted octanol–water partition coefficient (Wildman–Crippen LogP) is 9.55. The van der Waals surface area contributed by atoms with Crippen LogP contribution in [0.2, 0.25) is 0 Å². The molecule has 0 N–H and O–H groups in total. The minimum Gasteiger partial charge on any atom is -0.494 e. The largest absolute Gasteiger partial charge is 0.494 e. The van der Waals surface area contributed by atoms with Gasteiger partial charge in [-0.3, -0.25) is 0 Å². The molecule has 0 aliphatic heterocycles. The molecule has 0 saturated carbocycles. The molecule has 0 unspecified atom stereocenters. The Kier molecular flexibility index (Phi) is 16.2. The summed E-state index contributed by atoms with van der Waals surface area (Å²) in [5.41, 5.74) is 0.508. The van der Waals surface area contributed by atoms with Crippen LogP contribution in [0.4, 0.5) is 0 Å². The van der Waals surface area contributed by atoms with Gasteiger partial charge in [-0.1, -0.05) is 97.3 Å². The van der Waals surface area contributed by atoms with Crippen molar-refractivity contribution >= 4 is 5.97 Å². The van der Waals surface area contributed by atoms with Gasteiger partial charge in [0.2, 0.25) is 0 Å². The Morgan fingerprint density at radius 1 is 0.500 bits per heavy atom. The van der Waals surface area contributed by atoms with Crippen LogP contribution in [-0.4, -0.2) is 19.2 Å². The summed E-state index contributed by atoms with van der Waals surface area (Å²) in [4.78, 5) is 12.5. The number of hydrogen-bond donors (Lipinski definition) is 0. The van der Waals surface area contributed by atoms with E-state index in [1.165, 1.54) is 83.5 Å². The van der Waals surface area contributed by atoms with Crippen molar-refractivity contribution in [2.45, 2.75) is 110 Å². The smallest absolute Gasteiger partial charge is 0.343 e. The van der Waals surface area contributed by atoms with Gasteiger partial charge in [-0.2, -0.15) is 0 Å². The molecule has 0 heterocycles. The second-order valence-electron chi connectivity index (χ2n) is 9.68. The van der Waals surface area contributed by atoms with Crippen molar-refractivity contribution in [1.82, 2.24) is 0 Å². The molecule has 0 fully saturated rings. The monoisotopic (exact) mass is 496 g/mol. The second-order valence-corrected chi connectivity index (χ2v) is 9.68. The van der Waals surface area contributed by atoms with E-state index in [-0.39, 0.29) is 5.97 Å². The van der Waals surface area contributed by atoms with Crippen LogP contribution in [-0.2, 0) is 0 Å². The van der Waals surface area contributed by atoms with Crippen LogP contribution < -0.4 is 14.2 Å². The summed E-state index contributed by atoms with van der Waals surface area (Å²) in [5, 5.41) is 0. The number of benzene rings is 2. The van der Waals surface area contributed by atoms with Crippen molar-refractivity contribution in [3.63, 3.8) is 0 Å².